The van der Waals surface area contributed by atoms with E-state index < -0.39 is 0 Å². The summed E-state index contributed by atoms with van der Waals surface area (Å²) in [5.74, 6) is -0.215. The highest BCUT2D eigenvalue weighted by molar-refractivity contribution is 6.31. The summed E-state index contributed by atoms with van der Waals surface area (Å²) >= 11 is 5.97. The van der Waals surface area contributed by atoms with E-state index in [1.54, 1.807) is 25.3 Å². The molecule has 2 N–H and O–H groups in total. The summed E-state index contributed by atoms with van der Waals surface area (Å²) < 4.78 is 4.98. The first-order chi connectivity index (χ1) is 8.58. The van der Waals surface area contributed by atoms with Crippen LogP contribution in [0.5, 0.6) is 0 Å². The second-order valence-electron chi connectivity index (χ2n) is 4.10. The molecule has 0 aliphatic heterocycles. The Bertz CT molecular complexity index is 403. The van der Waals surface area contributed by atoms with Gasteiger partial charge in [0.15, 0.2) is 0 Å². The third kappa shape index (κ3) is 4.29. The Balaban J connectivity index is 2.70. The van der Waals surface area contributed by atoms with Crippen LogP contribution in [0.2, 0.25) is 5.02 Å². The van der Waals surface area contributed by atoms with Gasteiger partial charge in [-0.15, -0.1) is 0 Å². The molecule has 0 saturated heterocycles. The molecule has 0 aliphatic rings. The van der Waals surface area contributed by atoms with Crippen molar-refractivity contribution in [1.82, 2.24) is 5.32 Å². The van der Waals surface area contributed by atoms with Gasteiger partial charge in [-0.05, 0) is 31.0 Å². The van der Waals surface area contributed by atoms with E-state index in [2.05, 4.69) is 5.32 Å². The smallest absolute Gasteiger partial charge is 0.251 e. The van der Waals surface area contributed by atoms with Gasteiger partial charge in [-0.3, -0.25) is 4.79 Å². The first-order valence-corrected chi connectivity index (χ1v) is 6.13. The molecule has 18 heavy (non-hydrogen) atoms. The largest absolute Gasteiger partial charge is 0.396 e. The number of carbonyl (C=O) groups excluding carboxylic acids is 1. The molecule has 0 spiro atoms. The maximum atomic E-state index is 12.0. The molecular formula is C13H18ClNO3. The minimum atomic E-state index is -0.215. The van der Waals surface area contributed by atoms with Gasteiger partial charge in [-0.1, -0.05) is 17.7 Å². The summed E-state index contributed by atoms with van der Waals surface area (Å²) in [4.78, 5) is 12.0. The highest BCUT2D eigenvalue weighted by Crippen LogP contribution is 2.16. The Morgan fingerprint density at radius 1 is 1.56 bits per heavy atom. The molecule has 0 aromatic heterocycles. The summed E-state index contributed by atoms with van der Waals surface area (Å²) in [5, 5.41) is 12.3. The Hall–Kier alpha value is -1.10. The van der Waals surface area contributed by atoms with Gasteiger partial charge in [-0.2, -0.15) is 0 Å². The number of amides is 1. The topological polar surface area (TPSA) is 58.6 Å². The van der Waals surface area contributed by atoms with Crippen LogP contribution < -0.4 is 5.32 Å². The fourth-order valence-corrected chi connectivity index (χ4v) is 1.74. The Morgan fingerprint density at radius 3 is 2.83 bits per heavy atom. The number of benzene rings is 1. The van der Waals surface area contributed by atoms with Crippen molar-refractivity contribution in [1.29, 1.82) is 0 Å². The quantitative estimate of drug-likeness (QED) is 0.829. The molecule has 0 fully saturated rings. The number of aliphatic hydroxyl groups is 1. The lowest BCUT2D eigenvalue weighted by Crippen LogP contribution is -2.38. The van der Waals surface area contributed by atoms with Crippen LogP contribution in [0.4, 0.5) is 0 Å². The van der Waals surface area contributed by atoms with Crippen LogP contribution in [0.3, 0.4) is 0 Å². The predicted octanol–water partition coefficient (Wildman–Crippen LogP) is 1.78. The molecule has 1 rings (SSSR count). The maximum absolute atomic E-state index is 12.0. The highest BCUT2D eigenvalue weighted by atomic mass is 35.5. The molecule has 5 heteroatoms. The standard InChI is InChI=1S/C13H18ClNO3/c1-9-3-4-10(7-12(9)14)13(17)15-11(5-6-16)8-18-2/h3-4,7,11,16H,5-6,8H2,1-2H3,(H,15,17). The predicted molar refractivity (Wildman–Crippen MR) is 71.0 cm³/mol. The van der Waals surface area contributed by atoms with Crippen molar-refractivity contribution in [2.24, 2.45) is 0 Å². The molecule has 0 bridgehead atoms. The summed E-state index contributed by atoms with van der Waals surface area (Å²) in [6.07, 6.45) is 0.458. The number of carbonyl (C=O) groups is 1. The van der Waals surface area contributed by atoms with E-state index in [1.807, 2.05) is 6.92 Å². The number of aliphatic hydroxyl groups excluding tert-OH is 1. The zero-order chi connectivity index (χ0) is 13.5. The molecule has 1 amide bonds. The van der Waals surface area contributed by atoms with Gasteiger partial charge in [0.2, 0.25) is 0 Å². The third-order valence-electron chi connectivity index (χ3n) is 2.61. The van der Waals surface area contributed by atoms with Crippen molar-refractivity contribution in [3.05, 3.63) is 34.3 Å². The molecule has 0 radical (unpaired) electrons. The SMILES string of the molecule is COCC(CCO)NC(=O)c1ccc(C)c(Cl)c1. The Morgan fingerprint density at radius 2 is 2.28 bits per heavy atom. The van der Waals surface area contributed by atoms with E-state index >= 15 is 0 Å². The molecule has 0 heterocycles. The summed E-state index contributed by atoms with van der Waals surface area (Å²) in [7, 11) is 1.55. The van der Waals surface area contributed by atoms with Crippen molar-refractivity contribution in [3.8, 4) is 0 Å². The van der Waals surface area contributed by atoms with Crippen molar-refractivity contribution in [2.45, 2.75) is 19.4 Å². The van der Waals surface area contributed by atoms with Gasteiger partial charge >= 0.3 is 0 Å². The molecule has 1 unspecified atom stereocenters. The number of ether oxygens (including phenoxy) is 1. The van der Waals surface area contributed by atoms with Crippen LogP contribution in [0.1, 0.15) is 22.3 Å². The monoisotopic (exact) mass is 271 g/mol. The van der Waals surface area contributed by atoms with E-state index in [0.717, 1.165) is 5.56 Å². The van der Waals surface area contributed by atoms with Gasteiger partial charge in [-0.25, -0.2) is 0 Å². The maximum Gasteiger partial charge on any atom is 0.251 e. The van der Waals surface area contributed by atoms with E-state index in [4.69, 9.17) is 21.4 Å². The number of rotatable bonds is 6. The van der Waals surface area contributed by atoms with Crippen LogP contribution in [-0.2, 0) is 4.74 Å². The number of methoxy groups -OCH3 is 1. The minimum Gasteiger partial charge on any atom is -0.396 e. The lowest BCUT2D eigenvalue weighted by Gasteiger charge is -2.17. The van der Waals surface area contributed by atoms with E-state index in [-0.39, 0.29) is 18.6 Å². The molecule has 0 saturated carbocycles. The van der Waals surface area contributed by atoms with Crippen molar-refractivity contribution >= 4 is 17.5 Å². The number of hydrogen-bond donors (Lipinski definition) is 2. The first kappa shape index (κ1) is 15.0. The fourth-order valence-electron chi connectivity index (χ4n) is 1.56. The normalized spacial score (nSPS) is 12.2. The van der Waals surface area contributed by atoms with Crippen LogP contribution in [0, 0.1) is 6.92 Å². The second kappa shape index (κ2) is 7.36. The van der Waals surface area contributed by atoms with Crippen LogP contribution in [-0.4, -0.2) is 37.4 Å². The van der Waals surface area contributed by atoms with Crippen molar-refractivity contribution < 1.29 is 14.6 Å². The van der Waals surface area contributed by atoms with Crippen molar-refractivity contribution in [2.75, 3.05) is 20.3 Å². The second-order valence-corrected chi connectivity index (χ2v) is 4.51. The van der Waals surface area contributed by atoms with Gasteiger partial charge < -0.3 is 15.2 Å². The van der Waals surface area contributed by atoms with E-state index in [0.29, 0.717) is 23.6 Å². The summed E-state index contributed by atoms with van der Waals surface area (Å²) in [5.41, 5.74) is 1.43. The number of hydrogen-bond acceptors (Lipinski definition) is 3. The Labute approximate surface area is 112 Å². The Kier molecular flexibility index (Phi) is 6.12. The molecule has 1 atom stereocenters. The van der Waals surface area contributed by atoms with Gasteiger partial charge in [0.1, 0.15) is 0 Å². The lowest BCUT2D eigenvalue weighted by molar-refractivity contribution is 0.0878. The fraction of sp³-hybridized carbons (Fsp3) is 0.462. The molecule has 1 aromatic rings. The van der Waals surface area contributed by atoms with Gasteiger partial charge in [0.25, 0.3) is 5.91 Å². The van der Waals surface area contributed by atoms with E-state index in [9.17, 15) is 4.79 Å². The number of nitrogens with one attached hydrogen (secondary N) is 1. The van der Waals surface area contributed by atoms with E-state index in [1.165, 1.54) is 0 Å². The first-order valence-electron chi connectivity index (χ1n) is 5.75. The molecule has 0 aliphatic carbocycles. The average molecular weight is 272 g/mol. The number of halogens is 1. The van der Waals surface area contributed by atoms with Crippen LogP contribution >= 0.6 is 11.6 Å². The summed E-state index contributed by atoms with van der Waals surface area (Å²) in [6, 6.07) is 4.95. The molecule has 4 nitrogen and oxygen atoms in total. The lowest BCUT2D eigenvalue weighted by atomic mass is 10.1. The average Bonchev–Trinajstić information content (AvgIpc) is 2.33. The number of aryl methyl sites for hydroxylation is 1. The highest BCUT2D eigenvalue weighted by Gasteiger charge is 2.13. The molecular weight excluding hydrogens is 254 g/mol. The van der Waals surface area contributed by atoms with Crippen LogP contribution in [0.15, 0.2) is 18.2 Å². The summed E-state index contributed by atoms with van der Waals surface area (Å²) in [6.45, 7) is 2.25. The minimum absolute atomic E-state index is 0.00294. The molecule has 100 valence electrons. The van der Waals surface area contributed by atoms with Gasteiger partial charge in [0.05, 0.1) is 12.6 Å². The zero-order valence-electron chi connectivity index (χ0n) is 10.6. The molecule has 1 aromatic carbocycles. The van der Waals surface area contributed by atoms with Gasteiger partial charge in [0, 0.05) is 24.3 Å². The van der Waals surface area contributed by atoms with Crippen LogP contribution in [0.25, 0.3) is 0 Å². The third-order valence-corrected chi connectivity index (χ3v) is 3.02. The van der Waals surface area contributed by atoms with Crippen molar-refractivity contribution in [3.63, 3.8) is 0 Å². The zero-order valence-corrected chi connectivity index (χ0v) is 11.3.